The average molecular weight is 273 g/mol. The van der Waals surface area contributed by atoms with Gasteiger partial charge in [-0.1, -0.05) is 12.8 Å². The Balaban J connectivity index is 1.63. The zero-order chi connectivity index (χ0) is 13.5. The molecule has 0 aromatic heterocycles. The predicted octanol–water partition coefficient (Wildman–Crippen LogP) is 4.32. The Kier molecular flexibility index (Phi) is 2.52. The van der Waals surface area contributed by atoms with Gasteiger partial charge in [-0.05, 0) is 94.4 Å². The van der Waals surface area contributed by atoms with Gasteiger partial charge in [-0.2, -0.15) is 0 Å². The van der Waals surface area contributed by atoms with Gasteiger partial charge >= 0.3 is 0 Å². The quantitative estimate of drug-likeness (QED) is 0.635. The molecule has 112 valence electrons. The van der Waals surface area contributed by atoms with Crippen LogP contribution in [0.15, 0.2) is 0 Å². The van der Waals surface area contributed by atoms with Crippen molar-refractivity contribution in [1.29, 1.82) is 0 Å². The molecule has 5 aliphatic rings. The average Bonchev–Trinajstić information content (AvgIpc) is 3.03. The summed E-state index contributed by atoms with van der Waals surface area (Å²) < 4.78 is 0. The molecule has 0 spiro atoms. The van der Waals surface area contributed by atoms with Crippen molar-refractivity contribution in [2.75, 3.05) is 6.54 Å². The molecule has 3 saturated carbocycles. The Hall–Kier alpha value is -0.0400. The maximum Gasteiger partial charge on any atom is 0.0187 e. The van der Waals surface area contributed by atoms with Crippen molar-refractivity contribution >= 4 is 0 Å². The van der Waals surface area contributed by atoms with E-state index in [4.69, 9.17) is 0 Å². The summed E-state index contributed by atoms with van der Waals surface area (Å²) in [5.74, 6) is 6.57. The van der Waals surface area contributed by atoms with Gasteiger partial charge < -0.3 is 0 Å². The van der Waals surface area contributed by atoms with Gasteiger partial charge in [-0.3, -0.25) is 4.90 Å². The highest BCUT2D eigenvalue weighted by Crippen LogP contribution is 2.65. The molecule has 20 heavy (non-hydrogen) atoms. The van der Waals surface area contributed by atoms with Gasteiger partial charge in [0, 0.05) is 11.6 Å². The predicted molar refractivity (Wildman–Crippen MR) is 82.4 cm³/mol. The Morgan fingerprint density at radius 1 is 0.750 bits per heavy atom. The highest BCUT2D eigenvalue weighted by molar-refractivity contribution is 5.16. The van der Waals surface area contributed by atoms with Gasteiger partial charge in [0.2, 0.25) is 0 Å². The van der Waals surface area contributed by atoms with E-state index >= 15 is 0 Å². The van der Waals surface area contributed by atoms with Gasteiger partial charge in [0.1, 0.15) is 0 Å². The molecule has 0 aromatic carbocycles. The Bertz CT molecular complexity index is 378. The van der Waals surface area contributed by atoms with Crippen LogP contribution in [0.3, 0.4) is 0 Å². The van der Waals surface area contributed by atoms with E-state index in [-0.39, 0.29) is 0 Å². The van der Waals surface area contributed by atoms with E-state index in [9.17, 15) is 0 Å². The fourth-order valence-electron chi connectivity index (χ4n) is 8.05. The molecular weight excluding hydrogens is 242 g/mol. The van der Waals surface area contributed by atoms with Crippen molar-refractivity contribution in [3.8, 4) is 0 Å². The Labute approximate surface area is 124 Å². The first-order chi connectivity index (χ1) is 9.69. The zero-order valence-corrected chi connectivity index (χ0v) is 13.4. The van der Waals surface area contributed by atoms with Crippen molar-refractivity contribution in [2.45, 2.75) is 76.8 Å². The molecule has 2 saturated heterocycles. The highest BCUT2D eigenvalue weighted by atomic mass is 15.3. The SMILES string of the molecule is CC1(C)C2CCCC3C4CCCC4C4CCCN1C4C32. The topological polar surface area (TPSA) is 3.24 Å². The van der Waals surface area contributed by atoms with E-state index in [0.29, 0.717) is 5.54 Å². The lowest BCUT2D eigenvalue weighted by molar-refractivity contribution is -0.0491. The van der Waals surface area contributed by atoms with Crippen molar-refractivity contribution in [3.05, 3.63) is 0 Å². The van der Waals surface area contributed by atoms with E-state index in [1.165, 1.54) is 25.8 Å². The number of piperidine rings is 1. The van der Waals surface area contributed by atoms with Gasteiger partial charge in [0.25, 0.3) is 0 Å². The number of fused-ring (bicyclic) bond motifs is 3. The first kappa shape index (κ1) is 12.5. The maximum absolute atomic E-state index is 3.02. The van der Waals surface area contributed by atoms with Crippen LogP contribution >= 0.6 is 0 Å². The molecule has 2 aliphatic heterocycles. The lowest BCUT2D eigenvalue weighted by Gasteiger charge is -2.54. The molecule has 5 rings (SSSR count). The number of hydrogen-bond acceptors (Lipinski definition) is 1. The smallest absolute Gasteiger partial charge is 0.0187 e. The van der Waals surface area contributed by atoms with Crippen molar-refractivity contribution in [3.63, 3.8) is 0 Å². The minimum Gasteiger partial charge on any atom is -0.294 e. The monoisotopic (exact) mass is 273 g/mol. The normalized spacial score (nSPS) is 56.4. The largest absolute Gasteiger partial charge is 0.294 e. The van der Waals surface area contributed by atoms with E-state index in [2.05, 4.69) is 18.7 Å². The molecule has 0 amide bonds. The molecule has 1 nitrogen and oxygen atoms in total. The summed E-state index contributed by atoms with van der Waals surface area (Å²) in [6.45, 7) is 6.60. The third kappa shape index (κ3) is 1.35. The van der Waals surface area contributed by atoms with Gasteiger partial charge in [-0.25, -0.2) is 0 Å². The van der Waals surface area contributed by atoms with Crippen molar-refractivity contribution < 1.29 is 0 Å². The minimum absolute atomic E-state index is 0.505. The van der Waals surface area contributed by atoms with Crippen LogP contribution in [0, 0.1) is 35.5 Å². The van der Waals surface area contributed by atoms with Crippen LogP contribution in [0.5, 0.6) is 0 Å². The molecule has 0 aromatic rings. The lowest BCUT2D eigenvalue weighted by Crippen LogP contribution is -2.56. The standard InChI is InChI=1S/C19H31N/c1-19(2)16-10-4-8-14-12-6-3-7-13(12)15-9-5-11-20(19)18(15)17(14)16/h12-18H,3-11H2,1-2H3. The van der Waals surface area contributed by atoms with Crippen LogP contribution in [0.2, 0.25) is 0 Å². The van der Waals surface area contributed by atoms with E-state index in [1.54, 1.807) is 32.1 Å². The molecule has 7 atom stereocenters. The van der Waals surface area contributed by atoms with Gasteiger partial charge in [0.05, 0.1) is 0 Å². The second kappa shape index (κ2) is 4.03. The first-order valence-corrected chi connectivity index (χ1v) is 9.46. The molecule has 1 heteroatoms. The summed E-state index contributed by atoms with van der Waals surface area (Å²) in [6, 6.07) is 0.994. The highest BCUT2D eigenvalue weighted by Gasteiger charge is 2.64. The second-order valence-corrected chi connectivity index (χ2v) is 9.18. The molecule has 5 fully saturated rings. The number of rotatable bonds is 0. The fraction of sp³-hybridized carbons (Fsp3) is 1.00. The van der Waals surface area contributed by atoms with Crippen LogP contribution in [0.1, 0.15) is 65.2 Å². The minimum atomic E-state index is 0.505. The Morgan fingerprint density at radius 2 is 1.40 bits per heavy atom. The number of hydrogen-bond donors (Lipinski definition) is 0. The van der Waals surface area contributed by atoms with Crippen LogP contribution in [-0.2, 0) is 0 Å². The van der Waals surface area contributed by atoms with Crippen LogP contribution in [0.25, 0.3) is 0 Å². The summed E-state index contributed by atoms with van der Waals surface area (Å²) in [5.41, 5.74) is 0.505. The van der Waals surface area contributed by atoms with Crippen LogP contribution in [-0.4, -0.2) is 23.0 Å². The summed E-state index contributed by atoms with van der Waals surface area (Å²) >= 11 is 0. The molecule has 2 heterocycles. The third-order valence-electron chi connectivity index (χ3n) is 8.51. The maximum atomic E-state index is 3.02. The fourth-order valence-corrected chi connectivity index (χ4v) is 8.05. The number of nitrogens with zero attached hydrogens (tertiary/aromatic N) is 1. The zero-order valence-electron chi connectivity index (χ0n) is 13.4. The molecule has 7 unspecified atom stereocenters. The summed E-state index contributed by atoms with van der Waals surface area (Å²) in [4.78, 5) is 3.02. The summed E-state index contributed by atoms with van der Waals surface area (Å²) in [7, 11) is 0. The molecule has 0 N–H and O–H groups in total. The molecular formula is C19H31N. The first-order valence-electron chi connectivity index (χ1n) is 9.46. The summed E-state index contributed by atoms with van der Waals surface area (Å²) in [6.07, 6.45) is 12.4. The molecule has 0 bridgehead atoms. The van der Waals surface area contributed by atoms with Crippen LogP contribution in [0.4, 0.5) is 0 Å². The van der Waals surface area contributed by atoms with Crippen LogP contribution < -0.4 is 0 Å². The van der Waals surface area contributed by atoms with Crippen molar-refractivity contribution in [1.82, 2.24) is 4.90 Å². The summed E-state index contributed by atoms with van der Waals surface area (Å²) in [5, 5.41) is 0. The van der Waals surface area contributed by atoms with E-state index in [1.807, 2.05) is 0 Å². The van der Waals surface area contributed by atoms with Crippen molar-refractivity contribution in [2.24, 2.45) is 35.5 Å². The Morgan fingerprint density at radius 3 is 2.25 bits per heavy atom. The molecule has 3 aliphatic carbocycles. The van der Waals surface area contributed by atoms with Gasteiger partial charge in [0.15, 0.2) is 0 Å². The lowest BCUT2D eigenvalue weighted by atomic mass is 9.53. The van der Waals surface area contributed by atoms with E-state index < -0.39 is 0 Å². The third-order valence-corrected chi connectivity index (χ3v) is 8.51. The second-order valence-electron chi connectivity index (χ2n) is 9.18. The molecule has 0 radical (unpaired) electrons. The van der Waals surface area contributed by atoms with E-state index in [0.717, 1.165) is 41.5 Å². The van der Waals surface area contributed by atoms with Gasteiger partial charge in [-0.15, -0.1) is 0 Å².